The lowest BCUT2D eigenvalue weighted by atomic mass is 10.1. The number of ether oxygens (including phenoxy) is 1. The van der Waals surface area contributed by atoms with Crippen LogP contribution >= 0.6 is 0 Å². The third-order valence-corrected chi connectivity index (χ3v) is 4.19. The number of phenolic OH excluding ortho intramolecular Hbond substituents is 1. The molecular formula is C19H18N6O5. The van der Waals surface area contributed by atoms with Gasteiger partial charge in [0.05, 0.1) is 25.4 Å². The molecule has 30 heavy (non-hydrogen) atoms. The van der Waals surface area contributed by atoms with Crippen LogP contribution in [0.5, 0.6) is 11.5 Å². The number of para-hydroxylation sites is 1. The van der Waals surface area contributed by atoms with E-state index in [1.54, 1.807) is 37.3 Å². The van der Waals surface area contributed by atoms with Gasteiger partial charge in [0.1, 0.15) is 11.5 Å². The Bertz CT molecular complexity index is 1120. The molecule has 0 aliphatic rings. The molecule has 1 amide bonds. The molecule has 0 unspecified atom stereocenters. The number of carbonyl (C=O) groups excluding carboxylic acids is 1. The van der Waals surface area contributed by atoms with Crippen molar-refractivity contribution >= 4 is 18.1 Å². The summed E-state index contributed by atoms with van der Waals surface area (Å²) in [5.74, 6) is -0.581. The van der Waals surface area contributed by atoms with E-state index >= 15 is 0 Å². The number of aromatic nitrogens is 3. The second-order valence-corrected chi connectivity index (χ2v) is 6.24. The highest BCUT2D eigenvalue weighted by molar-refractivity contribution is 5.97. The van der Waals surface area contributed by atoms with Gasteiger partial charge in [0, 0.05) is 10.7 Å². The molecule has 1 heterocycles. The summed E-state index contributed by atoms with van der Waals surface area (Å²) in [5.41, 5.74) is 4.40. The fourth-order valence-electron chi connectivity index (χ4n) is 2.69. The number of benzene rings is 2. The van der Waals surface area contributed by atoms with Gasteiger partial charge in [-0.3, -0.25) is 4.79 Å². The summed E-state index contributed by atoms with van der Waals surface area (Å²) >= 11 is 0. The number of phenols is 1. The van der Waals surface area contributed by atoms with E-state index in [0.717, 1.165) is 0 Å². The molecule has 11 heteroatoms. The Morgan fingerprint density at radius 2 is 2.20 bits per heavy atom. The van der Waals surface area contributed by atoms with Crippen molar-refractivity contribution in [2.75, 3.05) is 7.11 Å². The van der Waals surface area contributed by atoms with E-state index in [1.165, 1.54) is 30.4 Å². The third-order valence-electron chi connectivity index (χ3n) is 4.19. The first-order chi connectivity index (χ1) is 14.4. The number of hydrogen-bond donors (Lipinski definition) is 2. The predicted molar refractivity (Wildman–Crippen MR) is 107 cm³/mol. The maximum atomic E-state index is 12.2. The summed E-state index contributed by atoms with van der Waals surface area (Å²) < 4.78 is 6.63. The topological polar surface area (TPSA) is 145 Å². The highest BCUT2D eigenvalue weighted by Gasteiger charge is 2.15. The monoisotopic (exact) mass is 410 g/mol. The molecule has 1 aromatic heterocycles. The third kappa shape index (κ3) is 4.58. The molecule has 0 atom stereocenters. The number of methoxy groups -OCH3 is 1. The van der Waals surface area contributed by atoms with Crippen LogP contribution in [0.15, 0.2) is 47.8 Å². The molecule has 3 aromatic rings. The molecule has 3 rings (SSSR count). The average Bonchev–Trinajstić information content (AvgIpc) is 3.19. The zero-order valence-electron chi connectivity index (χ0n) is 16.1. The van der Waals surface area contributed by atoms with E-state index < -0.39 is 16.8 Å². The highest BCUT2D eigenvalue weighted by atomic mass is 16.6. The molecule has 2 aromatic carbocycles. The first kappa shape index (κ1) is 20.5. The van der Waals surface area contributed by atoms with E-state index in [0.29, 0.717) is 22.4 Å². The Morgan fingerprint density at radius 1 is 1.40 bits per heavy atom. The number of hydrogen-bond acceptors (Lipinski definition) is 8. The van der Waals surface area contributed by atoms with Crippen LogP contribution in [-0.4, -0.2) is 44.0 Å². The van der Waals surface area contributed by atoms with Crippen molar-refractivity contribution < 1.29 is 19.6 Å². The van der Waals surface area contributed by atoms with Gasteiger partial charge in [-0.05, 0) is 47.2 Å². The first-order valence-electron chi connectivity index (χ1n) is 8.71. The number of nitrogens with one attached hydrogen (secondary N) is 1. The molecule has 0 saturated carbocycles. The number of nitrogens with zero attached hydrogens (tertiary/aromatic N) is 5. The second-order valence-electron chi connectivity index (χ2n) is 6.24. The van der Waals surface area contributed by atoms with Gasteiger partial charge in [0.15, 0.2) is 0 Å². The van der Waals surface area contributed by atoms with Gasteiger partial charge in [0.2, 0.25) is 6.33 Å². The Balaban J connectivity index is 1.74. The number of aryl methyl sites for hydroxylation is 1. The molecular weight excluding hydrogens is 392 g/mol. The molecule has 0 saturated heterocycles. The maximum absolute atomic E-state index is 12.2. The Labute approximate surface area is 170 Å². The summed E-state index contributed by atoms with van der Waals surface area (Å²) in [6, 6.07) is 10.0. The average molecular weight is 410 g/mol. The van der Waals surface area contributed by atoms with Crippen LogP contribution in [0.1, 0.15) is 27.0 Å². The maximum Gasteiger partial charge on any atom is 0.490 e. The quantitative estimate of drug-likeness (QED) is 0.344. The number of nitro groups is 1. The van der Waals surface area contributed by atoms with Gasteiger partial charge in [-0.2, -0.15) is 9.78 Å². The van der Waals surface area contributed by atoms with Gasteiger partial charge in [-0.25, -0.2) is 5.43 Å². The smallest absolute Gasteiger partial charge is 0.490 e. The van der Waals surface area contributed by atoms with Gasteiger partial charge in [-0.1, -0.05) is 17.1 Å². The van der Waals surface area contributed by atoms with Crippen molar-refractivity contribution in [3.05, 3.63) is 75.1 Å². The van der Waals surface area contributed by atoms with Gasteiger partial charge in [-0.15, -0.1) is 0 Å². The van der Waals surface area contributed by atoms with E-state index in [2.05, 4.69) is 20.6 Å². The molecule has 0 aliphatic carbocycles. The minimum atomic E-state index is -0.675. The second kappa shape index (κ2) is 8.82. The van der Waals surface area contributed by atoms with Gasteiger partial charge < -0.3 is 20.0 Å². The standard InChI is InChI=1S/C19H18N6O5/c1-12-4-3-5-15(17(12)26)18(27)22-21-9-13-6-7-16(30-2)14(8-13)10-24-11-20-19(23-24)25(28)29/h3-9,11,26H,10H2,1-2H3,(H,22,27). The molecule has 0 bridgehead atoms. The number of hydrazone groups is 1. The fraction of sp³-hybridized carbons (Fsp3) is 0.158. The number of rotatable bonds is 7. The molecule has 2 N–H and O–H groups in total. The van der Waals surface area contributed by atoms with Crippen molar-refractivity contribution in [2.24, 2.45) is 5.10 Å². The lowest BCUT2D eigenvalue weighted by Crippen LogP contribution is -2.18. The largest absolute Gasteiger partial charge is 0.507 e. The summed E-state index contributed by atoms with van der Waals surface area (Å²) in [6.07, 6.45) is 2.68. The molecule has 0 spiro atoms. The Kier molecular flexibility index (Phi) is 6.01. The molecule has 11 nitrogen and oxygen atoms in total. The normalized spacial score (nSPS) is 10.9. The zero-order chi connectivity index (χ0) is 21.7. The fourth-order valence-corrected chi connectivity index (χ4v) is 2.69. The molecule has 154 valence electrons. The minimum Gasteiger partial charge on any atom is -0.507 e. The van der Waals surface area contributed by atoms with Gasteiger partial charge >= 0.3 is 5.95 Å². The van der Waals surface area contributed by atoms with Crippen LogP contribution in [0.25, 0.3) is 0 Å². The van der Waals surface area contributed by atoms with Gasteiger partial charge in [0.25, 0.3) is 5.91 Å². The summed E-state index contributed by atoms with van der Waals surface area (Å²) in [4.78, 5) is 25.9. The highest BCUT2D eigenvalue weighted by Crippen LogP contribution is 2.22. The van der Waals surface area contributed by atoms with Crippen LogP contribution in [0.3, 0.4) is 0 Å². The van der Waals surface area contributed by atoms with Crippen LogP contribution in [0, 0.1) is 17.0 Å². The van der Waals surface area contributed by atoms with Crippen molar-refractivity contribution in [1.82, 2.24) is 20.2 Å². The predicted octanol–water partition coefficient (Wildman–Crippen LogP) is 2.02. The van der Waals surface area contributed by atoms with Crippen molar-refractivity contribution in [2.45, 2.75) is 13.5 Å². The zero-order valence-corrected chi connectivity index (χ0v) is 16.1. The SMILES string of the molecule is COc1ccc(C=NNC(=O)c2cccc(C)c2O)cc1Cn1cnc([N+](=O)[O-])n1. The van der Waals surface area contributed by atoms with Crippen molar-refractivity contribution in [3.63, 3.8) is 0 Å². The van der Waals surface area contributed by atoms with Crippen molar-refractivity contribution in [3.8, 4) is 11.5 Å². The van der Waals surface area contributed by atoms with Crippen LogP contribution in [0.2, 0.25) is 0 Å². The number of amides is 1. The van der Waals surface area contributed by atoms with Crippen LogP contribution < -0.4 is 10.2 Å². The minimum absolute atomic E-state index is 0.0983. The molecule has 0 aliphatic heterocycles. The number of aromatic hydroxyl groups is 1. The van der Waals surface area contributed by atoms with E-state index in [4.69, 9.17) is 4.74 Å². The lowest BCUT2D eigenvalue weighted by molar-refractivity contribution is -0.394. The summed E-state index contributed by atoms with van der Waals surface area (Å²) in [7, 11) is 1.50. The molecule has 0 fully saturated rings. The summed E-state index contributed by atoms with van der Waals surface area (Å²) in [5, 5.41) is 28.4. The van der Waals surface area contributed by atoms with E-state index in [-0.39, 0.29) is 17.9 Å². The van der Waals surface area contributed by atoms with Crippen LogP contribution in [0.4, 0.5) is 5.95 Å². The van der Waals surface area contributed by atoms with Crippen LogP contribution in [-0.2, 0) is 6.54 Å². The lowest BCUT2D eigenvalue weighted by Gasteiger charge is -2.08. The first-order valence-corrected chi connectivity index (χ1v) is 8.71. The summed E-state index contributed by atoms with van der Waals surface area (Å²) in [6.45, 7) is 1.88. The number of carbonyl (C=O) groups is 1. The molecule has 0 radical (unpaired) electrons. The van der Waals surface area contributed by atoms with E-state index in [9.17, 15) is 20.0 Å². The van der Waals surface area contributed by atoms with E-state index in [1.807, 2.05) is 0 Å². The Hall–Kier alpha value is -4.28. The van der Waals surface area contributed by atoms with Crippen molar-refractivity contribution in [1.29, 1.82) is 0 Å². The Morgan fingerprint density at radius 3 is 2.90 bits per heavy atom.